The van der Waals surface area contributed by atoms with E-state index in [0.29, 0.717) is 51.4 Å². The summed E-state index contributed by atoms with van der Waals surface area (Å²) in [5, 5.41) is 6.38. The number of carbonyl (C=O) groups excluding carboxylic acids is 4. The van der Waals surface area contributed by atoms with Crippen molar-refractivity contribution in [2.75, 3.05) is 9.80 Å². The number of aromatic nitrogens is 3. The standard InChI is InChI=1S/C76H53N5O4/c1-43-38-44(2)69(45(3)39-43)80-73(82)58-28-19-34-64(68(58)76(80)85)79-62-32-16-12-25-54(62)56-37-36-50(66(72(56)79)49-20-7-6-8-21-49)42-48-40-46(4)70(47(5)41-48)81-74(83)57-27-18-33-63(67(57)75(81)84)78-61-31-15-11-24-53(61)55-26-17-35-65(71(55)78)77-59-29-13-9-22-51(59)52-23-10-14-30-60(52)77/h6-41H,42H2,1-5H3. The Kier molecular flexibility index (Phi) is 10.9. The van der Waals surface area contributed by atoms with Crippen LogP contribution in [0.1, 0.15) is 80.4 Å². The smallest absolute Gasteiger partial charge is 0.268 e. The van der Waals surface area contributed by atoms with E-state index in [4.69, 9.17) is 0 Å². The summed E-state index contributed by atoms with van der Waals surface area (Å²) in [4.78, 5) is 63.1. The molecule has 11 aromatic carbocycles. The summed E-state index contributed by atoms with van der Waals surface area (Å²) < 4.78 is 6.69. The van der Waals surface area contributed by atoms with E-state index in [1.165, 1.54) is 9.80 Å². The molecule has 0 fully saturated rings. The zero-order valence-electron chi connectivity index (χ0n) is 47.4. The average Bonchev–Trinajstić information content (AvgIpc) is 1.86. The molecule has 3 aromatic heterocycles. The molecule has 14 aromatic rings. The predicted octanol–water partition coefficient (Wildman–Crippen LogP) is 17.4. The van der Waals surface area contributed by atoms with Gasteiger partial charge in [0.25, 0.3) is 23.6 Å². The van der Waals surface area contributed by atoms with E-state index < -0.39 is 0 Å². The van der Waals surface area contributed by atoms with E-state index in [1.807, 2.05) is 113 Å². The van der Waals surface area contributed by atoms with Crippen LogP contribution in [0.25, 0.3) is 93.6 Å². The maximum Gasteiger partial charge on any atom is 0.268 e. The molecule has 4 amide bonds. The molecular weight excluding hydrogens is 1050 g/mol. The Morgan fingerprint density at radius 2 is 0.718 bits per heavy atom. The number of carbonyl (C=O) groups is 4. The molecule has 0 saturated heterocycles. The second-order valence-corrected chi connectivity index (χ2v) is 22.9. The third-order valence-electron chi connectivity index (χ3n) is 17.8. The second-order valence-electron chi connectivity index (χ2n) is 22.9. The molecule has 85 heavy (non-hydrogen) atoms. The molecule has 16 rings (SSSR count). The summed E-state index contributed by atoms with van der Waals surface area (Å²) in [6.07, 6.45) is 0.502. The van der Waals surface area contributed by atoms with Gasteiger partial charge < -0.3 is 13.7 Å². The highest BCUT2D eigenvalue weighted by atomic mass is 16.2. The lowest BCUT2D eigenvalue weighted by atomic mass is 9.91. The van der Waals surface area contributed by atoms with Gasteiger partial charge >= 0.3 is 0 Å². The molecule has 2 aliphatic heterocycles. The van der Waals surface area contributed by atoms with Crippen molar-refractivity contribution < 1.29 is 19.2 Å². The van der Waals surface area contributed by atoms with Crippen LogP contribution in [-0.2, 0) is 6.42 Å². The average molecular weight is 1100 g/mol. The van der Waals surface area contributed by atoms with Crippen molar-refractivity contribution in [1.29, 1.82) is 0 Å². The first-order valence-electron chi connectivity index (χ1n) is 28.8. The fourth-order valence-electron chi connectivity index (χ4n) is 14.6. The molecule has 9 heteroatoms. The number of nitrogens with zero attached hydrogens (tertiary/aromatic N) is 5. The van der Waals surface area contributed by atoms with Crippen LogP contribution >= 0.6 is 0 Å². The molecule has 5 heterocycles. The third kappa shape index (κ3) is 7.10. The quantitative estimate of drug-likeness (QED) is 0.142. The van der Waals surface area contributed by atoms with Crippen LogP contribution in [-0.4, -0.2) is 37.3 Å². The number of para-hydroxylation sites is 5. The van der Waals surface area contributed by atoms with E-state index >= 15 is 14.4 Å². The molecule has 0 N–H and O–H groups in total. The monoisotopic (exact) mass is 1100 g/mol. The molecule has 9 nitrogen and oxygen atoms in total. The van der Waals surface area contributed by atoms with Gasteiger partial charge in [-0.15, -0.1) is 0 Å². The van der Waals surface area contributed by atoms with Gasteiger partial charge in [0.2, 0.25) is 0 Å². The van der Waals surface area contributed by atoms with Crippen LogP contribution in [0.15, 0.2) is 218 Å². The number of hydrogen-bond acceptors (Lipinski definition) is 4. The summed E-state index contributed by atoms with van der Waals surface area (Å²) in [6, 6.07) is 74.0. The van der Waals surface area contributed by atoms with Gasteiger partial charge in [-0.05, 0) is 135 Å². The lowest BCUT2D eigenvalue weighted by Gasteiger charge is -2.22. The Morgan fingerprint density at radius 3 is 1.24 bits per heavy atom. The molecule has 2 aliphatic rings. The Balaban J connectivity index is 0.821. The van der Waals surface area contributed by atoms with Crippen LogP contribution in [0, 0.1) is 34.6 Å². The largest absolute Gasteiger partial charge is 0.308 e. The molecule has 0 radical (unpaired) electrons. The normalized spacial score (nSPS) is 13.3. The number of rotatable bonds is 8. The van der Waals surface area contributed by atoms with Crippen LogP contribution in [0.2, 0.25) is 0 Å². The van der Waals surface area contributed by atoms with Gasteiger partial charge in [0, 0.05) is 37.9 Å². The van der Waals surface area contributed by atoms with Gasteiger partial charge in [-0.2, -0.15) is 0 Å². The minimum Gasteiger partial charge on any atom is -0.308 e. The topological polar surface area (TPSA) is 89.6 Å². The SMILES string of the molecule is Cc1cc(C)c(N2C(=O)c3cccc(-n4c5ccccc5c5ccc(Cc6cc(C)c(N7C(=O)c8cccc(-n9c%10ccccc%10c%10cccc(-n%11c%12ccccc%12c%12ccccc%12%11)c%109)c8C7=O)c(C)c6)c(-c6ccccc6)c54)c3C2=O)c(C)c1. The summed E-state index contributed by atoms with van der Waals surface area (Å²) >= 11 is 0. The van der Waals surface area contributed by atoms with Crippen molar-refractivity contribution in [3.8, 4) is 28.2 Å². The number of hydrogen-bond donors (Lipinski definition) is 0. The molecule has 0 unspecified atom stereocenters. The molecule has 406 valence electrons. The van der Waals surface area contributed by atoms with Gasteiger partial charge in [0.1, 0.15) is 0 Å². The maximum absolute atomic E-state index is 15.6. The van der Waals surface area contributed by atoms with Crippen molar-refractivity contribution in [3.63, 3.8) is 0 Å². The first kappa shape index (κ1) is 49.9. The van der Waals surface area contributed by atoms with Gasteiger partial charge in [-0.3, -0.25) is 19.2 Å². The van der Waals surface area contributed by atoms with Gasteiger partial charge in [0.15, 0.2) is 0 Å². The number of aryl methyl sites for hydroxylation is 5. The fourth-order valence-corrected chi connectivity index (χ4v) is 14.6. The van der Waals surface area contributed by atoms with Crippen LogP contribution in [0.3, 0.4) is 0 Å². The van der Waals surface area contributed by atoms with Gasteiger partial charge in [-0.25, -0.2) is 9.80 Å². The summed E-state index contributed by atoms with van der Waals surface area (Å²) in [7, 11) is 0. The van der Waals surface area contributed by atoms with Crippen LogP contribution in [0.4, 0.5) is 11.4 Å². The highest BCUT2D eigenvalue weighted by Gasteiger charge is 2.43. The highest BCUT2D eigenvalue weighted by Crippen LogP contribution is 2.46. The first-order chi connectivity index (χ1) is 41.5. The minimum atomic E-state index is -0.376. The van der Waals surface area contributed by atoms with Crippen molar-refractivity contribution in [2.24, 2.45) is 0 Å². The first-order valence-corrected chi connectivity index (χ1v) is 28.8. The zero-order valence-corrected chi connectivity index (χ0v) is 47.4. The van der Waals surface area contributed by atoms with E-state index in [-0.39, 0.29) is 23.6 Å². The lowest BCUT2D eigenvalue weighted by Crippen LogP contribution is -2.31. The number of fused-ring (bicyclic) bond motifs is 11. The van der Waals surface area contributed by atoms with E-state index in [9.17, 15) is 4.79 Å². The Morgan fingerprint density at radius 1 is 0.318 bits per heavy atom. The van der Waals surface area contributed by atoms with E-state index in [2.05, 4.69) is 141 Å². The van der Waals surface area contributed by atoms with Crippen LogP contribution in [0.5, 0.6) is 0 Å². The molecule has 0 atom stereocenters. The Bertz CT molecular complexity index is 5230. The number of benzene rings is 11. The summed E-state index contributed by atoms with van der Waals surface area (Å²) in [6.45, 7) is 9.89. The number of amides is 4. The second kappa shape index (κ2) is 18.6. The summed E-state index contributed by atoms with van der Waals surface area (Å²) in [5.74, 6) is -1.44. The van der Waals surface area contributed by atoms with Crippen LogP contribution < -0.4 is 9.80 Å². The van der Waals surface area contributed by atoms with Gasteiger partial charge in [0.05, 0.1) is 83.8 Å². The highest BCUT2D eigenvalue weighted by molar-refractivity contribution is 6.37. The molecule has 0 spiro atoms. The molecule has 0 saturated carbocycles. The van der Waals surface area contributed by atoms with Crippen molar-refractivity contribution in [1.82, 2.24) is 13.7 Å². The summed E-state index contributed by atoms with van der Waals surface area (Å²) in [5.41, 5.74) is 19.0. The zero-order chi connectivity index (χ0) is 57.7. The predicted molar refractivity (Wildman–Crippen MR) is 343 cm³/mol. The molecular formula is C76H53N5O4. The molecule has 0 aliphatic carbocycles. The Labute approximate surface area is 489 Å². The van der Waals surface area contributed by atoms with Gasteiger partial charge in [-0.1, -0.05) is 169 Å². The van der Waals surface area contributed by atoms with Crippen molar-refractivity contribution in [3.05, 3.63) is 280 Å². The Hall–Kier alpha value is -10.9. The van der Waals surface area contributed by atoms with Crippen molar-refractivity contribution in [2.45, 2.75) is 41.0 Å². The maximum atomic E-state index is 15.6. The molecule has 0 bridgehead atoms. The van der Waals surface area contributed by atoms with E-state index in [0.717, 1.165) is 121 Å². The number of anilines is 2. The fraction of sp³-hybridized carbons (Fsp3) is 0.0789. The van der Waals surface area contributed by atoms with E-state index in [1.54, 1.807) is 12.1 Å². The minimum absolute atomic E-state index is 0.342. The number of imide groups is 2. The van der Waals surface area contributed by atoms with Crippen molar-refractivity contribution >= 4 is 100 Å². The lowest BCUT2D eigenvalue weighted by molar-refractivity contribution is 0.0910. The third-order valence-corrected chi connectivity index (χ3v) is 17.8.